The van der Waals surface area contributed by atoms with E-state index in [1.807, 2.05) is 11.6 Å². The minimum atomic E-state index is -0.185. The summed E-state index contributed by atoms with van der Waals surface area (Å²) < 4.78 is 4.72. The number of nitrogens with zero attached hydrogens (tertiary/aromatic N) is 1. The Balaban J connectivity index is 2.14. The third-order valence-electron chi connectivity index (χ3n) is 2.41. The maximum absolute atomic E-state index is 11.3. The van der Waals surface area contributed by atoms with Crippen molar-refractivity contribution in [3.05, 3.63) is 11.0 Å². The summed E-state index contributed by atoms with van der Waals surface area (Å²) in [6.07, 6.45) is 2.78. The number of ether oxygens (including phenoxy) is 1. The summed E-state index contributed by atoms with van der Waals surface area (Å²) in [6.45, 7) is 0.826. The molecule has 13 heavy (non-hydrogen) atoms. The molecule has 2 heterocycles. The normalized spacial score (nSPS) is 31.0. The van der Waals surface area contributed by atoms with Crippen molar-refractivity contribution >= 4 is 23.9 Å². The van der Waals surface area contributed by atoms with E-state index in [0.717, 1.165) is 18.5 Å². The first-order chi connectivity index (χ1) is 6.33. The lowest BCUT2D eigenvalue weighted by molar-refractivity contribution is -0.136. The molecule has 0 aromatic heterocycles. The van der Waals surface area contributed by atoms with E-state index in [1.54, 1.807) is 11.8 Å². The van der Waals surface area contributed by atoms with Crippen LogP contribution in [0.4, 0.5) is 0 Å². The van der Waals surface area contributed by atoms with E-state index in [1.165, 1.54) is 7.11 Å². The van der Waals surface area contributed by atoms with E-state index in [9.17, 15) is 4.79 Å². The van der Waals surface area contributed by atoms with Crippen LogP contribution in [0.1, 0.15) is 6.42 Å². The van der Waals surface area contributed by atoms with Gasteiger partial charge in [0.05, 0.1) is 13.7 Å². The Hall–Kier alpha value is -0.770. The van der Waals surface area contributed by atoms with Crippen LogP contribution < -0.4 is 0 Å². The first-order valence-corrected chi connectivity index (χ1v) is 5.19. The average molecular weight is 197 g/mol. The van der Waals surface area contributed by atoms with Crippen molar-refractivity contribution in [2.24, 2.45) is 10.9 Å². The molecule has 0 aliphatic carbocycles. The monoisotopic (exact) mass is 197 g/mol. The Morgan fingerprint density at radius 1 is 1.77 bits per heavy atom. The number of aliphatic imine (C=N–C) groups is 1. The third kappa shape index (κ3) is 1.50. The second-order valence-corrected chi connectivity index (χ2v) is 4.24. The van der Waals surface area contributed by atoms with Crippen LogP contribution in [0.5, 0.6) is 0 Å². The van der Waals surface area contributed by atoms with Gasteiger partial charge in [0, 0.05) is 16.7 Å². The summed E-state index contributed by atoms with van der Waals surface area (Å²) in [4.78, 5) is 15.5. The molecule has 0 spiro atoms. The van der Waals surface area contributed by atoms with Crippen LogP contribution in [0.2, 0.25) is 0 Å². The van der Waals surface area contributed by atoms with Crippen LogP contribution >= 0.6 is 11.8 Å². The second kappa shape index (κ2) is 3.54. The van der Waals surface area contributed by atoms with Crippen molar-refractivity contribution < 1.29 is 9.53 Å². The third-order valence-corrected chi connectivity index (χ3v) is 3.63. The van der Waals surface area contributed by atoms with Crippen molar-refractivity contribution in [1.29, 1.82) is 0 Å². The molecule has 0 saturated carbocycles. The highest BCUT2D eigenvalue weighted by Gasteiger charge is 2.35. The van der Waals surface area contributed by atoms with E-state index in [0.29, 0.717) is 11.2 Å². The highest BCUT2D eigenvalue weighted by atomic mass is 32.2. The van der Waals surface area contributed by atoms with E-state index in [2.05, 4.69) is 4.99 Å². The second-order valence-electron chi connectivity index (χ2n) is 3.13. The standard InChI is InChI=1S/C9H11NO2S/c1-12-9(11)7-5-13-8-4-10-3-2-6(7)8/h3,5-6,8H,2,4H2,1H3. The number of hydrogen-bond acceptors (Lipinski definition) is 4. The summed E-state index contributed by atoms with van der Waals surface area (Å²) >= 11 is 1.70. The van der Waals surface area contributed by atoms with Gasteiger partial charge in [0.2, 0.25) is 0 Å². The molecule has 0 saturated heterocycles. The van der Waals surface area contributed by atoms with Gasteiger partial charge < -0.3 is 4.74 Å². The van der Waals surface area contributed by atoms with Gasteiger partial charge in [0.1, 0.15) is 0 Å². The van der Waals surface area contributed by atoms with Gasteiger partial charge in [-0.25, -0.2) is 4.79 Å². The topological polar surface area (TPSA) is 38.7 Å². The molecule has 0 bridgehead atoms. The number of esters is 1. The van der Waals surface area contributed by atoms with Crippen molar-refractivity contribution in [2.45, 2.75) is 11.7 Å². The summed E-state index contributed by atoms with van der Waals surface area (Å²) in [6, 6.07) is 0. The number of thioether (sulfide) groups is 1. The van der Waals surface area contributed by atoms with Crippen LogP contribution in [0.3, 0.4) is 0 Å². The Morgan fingerprint density at radius 3 is 3.38 bits per heavy atom. The molecular formula is C9H11NO2S. The maximum Gasteiger partial charge on any atom is 0.334 e. The Kier molecular flexibility index (Phi) is 2.40. The molecule has 2 unspecified atom stereocenters. The fraction of sp³-hybridized carbons (Fsp3) is 0.556. The largest absolute Gasteiger partial charge is 0.466 e. The minimum Gasteiger partial charge on any atom is -0.466 e. The molecule has 2 aliphatic rings. The van der Waals surface area contributed by atoms with E-state index >= 15 is 0 Å². The first kappa shape index (κ1) is 8.81. The van der Waals surface area contributed by atoms with E-state index in [4.69, 9.17) is 4.74 Å². The molecule has 70 valence electrons. The van der Waals surface area contributed by atoms with Gasteiger partial charge in [-0.3, -0.25) is 4.99 Å². The molecular weight excluding hydrogens is 186 g/mol. The van der Waals surface area contributed by atoms with Crippen molar-refractivity contribution in [1.82, 2.24) is 0 Å². The predicted molar refractivity (Wildman–Crippen MR) is 52.9 cm³/mol. The molecule has 2 atom stereocenters. The van der Waals surface area contributed by atoms with Gasteiger partial charge in [-0.15, -0.1) is 11.8 Å². The lowest BCUT2D eigenvalue weighted by atomic mass is 9.92. The SMILES string of the molecule is COC(=O)C1=CSC2CN=CCC12. The number of carbonyl (C=O) groups excluding carboxylic acids is 1. The van der Waals surface area contributed by atoms with Crippen LogP contribution in [-0.2, 0) is 9.53 Å². The molecule has 3 nitrogen and oxygen atoms in total. The Bertz CT molecular complexity index is 285. The van der Waals surface area contributed by atoms with Gasteiger partial charge in [-0.1, -0.05) is 0 Å². The summed E-state index contributed by atoms with van der Waals surface area (Å²) in [5, 5.41) is 2.38. The van der Waals surface area contributed by atoms with Crippen LogP contribution in [0.15, 0.2) is 16.0 Å². The minimum absolute atomic E-state index is 0.185. The number of carbonyl (C=O) groups is 1. The quantitative estimate of drug-likeness (QED) is 0.594. The Morgan fingerprint density at radius 2 is 2.62 bits per heavy atom. The van der Waals surface area contributed by atoms with Crippen LogP contribution in [0, 0.1) is 5.92 Å². The number of hydrogen-bond donors (Lipinski definition) is 0. The molecule has 0 aromatic rings. The zero-order valence-corrected chi connectivity index (χ0v) is 8.21. The van der Waals surface area contributed by atoms with Gasteiger partial charge in [0.15, 0.2) is 0 Å². The lowest BCUT2D eigenvalue weighted by Gasteiger charge is -2.21. The first-order valence-electron chi connectivity index (χ1n) is 4.25. The maximum atomic E-state index is 11.3. The highest BCUT2D eigenvalue weighted by Crippen LogP contribution is 2.39. The van der Waals surface area contributed by atoms with Gasteiger partial charge in [-0.05, 0) is 18.0 Å². The van der Waals surface area contributed by atoms with Crippen LogP contribution in [-0.4, -0.2) is 31.1 Å². The number of fused-ring (bicyclic) bond motifs is 1. The predicted octanol–water partition coefficient (Wildman–Crippen LogP) is 1.25. The Labute approximate surface area is 81.3 Å². The molecule has 2 aliphatic heterocycles. The van der Waals surface area contributed by atoms with Gasteiger partial charge >= 0.3 is 5.97 Å². The molecule has 0 fully saturated rings. The molecule has 0 radical (unpaired) electrons. The highest BCUT2D eigenvalue weighted by molar-refractivity contribution is 8.03. The fourth-order valence-electron chi connectivity index (χ4n) is 1.68. The summed E-state index contributed by atoms with van der Waals surface area (Å²) in [7, 11) is 1.43. The number of methoxy groups -OCH3 is 1. The fourth-order valence-corrected chi connectivity index (χ4v) is 2.89. The molecule has 4 heteroatoms. The van der Waals surface area contributed by atoms with E-state index in [-0.39, 0.29) is 5.97 Å². The molecule has 0 amide bonds. The summed E-state index contributed by atoms with van der Waals surface area (Å²) in [5.41, 5.74) is 0.823. The molecule has 0 aromatic carbocycles. The van der Waals surface area contributed by atoms with E-state index < -0.39 is 0 Å². The summed E-state index contributed by atoms with van der Waals surface area (Å²) in [5.74, 6) is 0.144. The molecule has 0 N–H and O–H groups in total. The smallest absolute Gasteiger partial charge is 0.334 e. The zero-order valence-electron chi connectivity index (χ0n) is 7.40. The van der Waals surface area contributed by atoms with Crippen molar-refractivity contribution in [3.63, 3.8) is 0 Å². The van der Waals surface area contributed by atoms with Crippen molar-refractivity contribution in [2.75, 3.05) is 13.7 Å². The van der Waals surface area contributed by atoms with Gasteiger partial charge in [-0.2, -0.15) is 0 Å². The lowest BCUT2D eigenvalue weighted by Crippen LogP contribution is -2.25. The molecule has 2 rings (SSSR count). The average Bonchev–Trinajstić information content (AvgIpc) is 2.60. The zero-order chi connectivity index (χ0) is 9.26. The van der Waals surface area contributed by atoms with Crippen LogP contribution in [0.25, 0.3) is 0 Å². The van der Waals surface area contributed by atoms with Crippen molar-refractivity contribution in [3.8, 4) is 0 Å². The number of rotatable bonds is 1. The van der Waals surface area contributed by atoms with Gasteiger partial charge in [0.25, 0.3) is 0 Å².